The zero-order chi connectivity index (χ0) is 17.9. The number of nitrogens with zero attached hydrogens (tertiary/aromatic N) is 1. The van der Waals surface area contributed by atoms with Gasteiger partial charge >= 0.3 is 0 Å². The lowest BCUT2D eigenvalue weighted by Gasteiger charge is -2.09. The minimum Gasteiger partial charge on any atom is -0.497 e. The standard InChI is InChI=1S/C19H25N3O3/c1-3-4-11-21-19(23)15-5-10-18(22-14-15)20-12-13-25-17-8-6-16(24-2)7-9-17/h5-10,14H,3-4,11-13H2,1-2H3,(H,20,22)(H,21,23). The van der Waals surface area contributed by atoms with Crippen LogP contribution < -0.4 is 20.1 Å². The highest BCUT2D eigenvalue weighted by atomic mass is 16.5. The molecule has 0 spiro atoms. The van der Waals surface area contributed by atoms with Gasteiger partial charge in [0, 0.05) is 12.7 Å². The maximum atomic E-state index is 11.9. The Kier molecular flexibility index (Phi) is 7.56. The van der Waals surface area contributed by atoms with E-state index in [-0.39, 0.29) is 5.91 Å². The molecule has 1 aromatic carbocycles. The molecule has 0 bridgehead atoms. The van der Waals surface area contributed by atoms with Crippen molar-refractivity contribution < 1.29 is 14.3 Å². The van der Waals surface area contributed by atoms with E-state index in [2.05, 4.69) is 22.5 Å². The average molecular weight is 343 g/mol. The Morgan fingerprint density at radius 3 is 2.48 bits per heavy atom. The Morgan fingerprint density at radius 1 is 1.08 bits per heavy atom. The van der Waals surface area contributed by atoms with Crippen molar-refractivity contribution in [3.05, 3.63) is 48.2 Å². The normalized spacial score (nSPS) is 10.2. The summed E-state index contributed by atoms with van der Waals surface area (Å²) < 4.78 is 10.7. The Morgan fingerprint density at radius 2 is 1.84 bits per heavy atom. The lowest BCUT2D eigenvalue weighted by atomic mass is 10.2. The van der Waals surface area contributed by atoms with Gasteiger partial charge in [0.1, 0.15) is 23.9 Å². The third kappa shape index (κ3) is 6.33. The van der Waals surface area contributed by atoms with Gasteiger partial charge in [-0.15, -0.1) is 0 Å². The fourth-order valence-corrected chi connectivity index (χ4v) is 2.13. The number of amides is 1. The van der Waals surface area contributed by atoms with E-state index in [4.69, 9.17) is 9.47 Å². The second kappa shape index (κ2) is 10.2. The number of hydrogen-bond acceptors (Lipinski definition) is 5. The molecule has 2 aromatic rings. The molecule has 1 amide bonds. The summed E-state index contributed by atoms with van der Waals surface area (Å²) in [6.07, 6.45) is 3.61. The van der Waals surface area contributed by atoms with Gasteiger partial charge < -0.3 is 20.1 Å². The van der Waals surface area contributed by atoms with Crippen LogP contribution in [0.3, 0.4) is 0 Å². The summed E-state index contributed by atoms with van der Waals surface area (Å²) in [5, 5.41) is 6.03. The molecule has 0 fully saturated rings. The van der Waals surface area contributed by atoms with Crippen LogP contribution >= 0.6 is 0 Å². The first-order chi connectivity index (χ1) is 12.2. The van der Waals surface area contributed by atoms with E-state index in [0.29, 0.717) is 31.1 Å². The molecular formula is C19H25N3O3. The van der Waals surface area contributed by atoms with Crippen molar-refractivity contribution in [2.75, 3.05) is 32.1 Å². The molecule has 1 heterocycles. The third-order valence-corrected chi connectivity index (χ3v) is 3.58. The summed E-state index contributed by atoms with van der Waals surface area (Å²) in [6, 6.07) is 11.0. The van der Waals surface area contributed by atoms with Gasteiger partial charge in [0.25, 0.3) is 5.91 Å². The molecule has 2 N–H and O–H groups in total. The maximum Gasteiger partial charge on any atom is 0.252 e. The van der Waals surface area contributed by atoms with Crippen molar-refractivity contribution in [3.63, 3.8) is 0 Å². The molecule has 1 aromatic heterocycles. The molecule has 0 saturated heterocycles. The number of anilines is 1. The van der Waals surface area contributed by atoms with Crippen LogP contribution in [0.5, 0.6) is 11.5 Å². The zero-order valence-electron chi connectivity index (χ0n) is 14.7. The van der Waals surface area contributed by atoms with E-state index in [9.17, 15) is 4.79 Å². The van der Waals surface area contributed by atoms with Crippen molar-refractivity contribution in [1.29, 1.82) is 0 Å². The molecule has 0 aliphatic rings. The SMILES string of the molecule is CCCCNC(=O)c1ccc(NCCOc2ccc(OC)cc2)nc1. The van der Waals surface area contributed by atoms with Gasteiger partial charge in [-0.25, -0.2) is 4.98 Å². The third-order valence-electron chi connectivity index (χ3n) is 3.58. The molecule has 0 radical (unpaired) electrons. The molecule has 0 saturated carbocycles. The second-order valence-corrected chi connectivity index (χ2v) is 5.49. The van der Waals surface area contributed by atoms with E-state index in [0.717, 1.165) is 24.3 Å². The molecule has 0 unspecified atom stereocenters. The quantitative estimate of drug-likeness (QED) is 0.649. The molecule has 6 heteroatoms. The van der Waals surface area contributed by atoms with Crippen molar-refractivity contribution in [2.24, 2.45) is 0 Å². The van der Waals surface area contributed by atoms with Crippen molar-refractivity contribution in [3.8, 4) is 11.5 Å². The molecule has 2 rings (SSSR count). The fourth-order valence-electron chi connectivity index (χ4n) is 2.13. The average Bonchev–Trinajstić information content (AvgIpc) is 2.66. The molecule has 134 valence electrons. The Bertz CT molecular complexity index is 642. The number of carbonyl (C=O) groups is 1. The number of pyridine rings is 1. The van der Waals surface area contributed by atoms with Gasteiger partial charge in [0.2, 0.25) is 0 Å². The number of carbonyl (C=O) groups excluding carboxylic acids is 1. The summed E-state index contributed by atoms with van der Waals surface area (Å²) in [7, 11) is 1.63. The van der Waals surface area contributed by atoms with Crippen molar-refractivity contribution in [1.82, 2.24) is 10.3 Å². The van der Waals surface area contributed by atoms with E-state index in [1.807, 2.05) is 24.3 Å². The first-order valence-corrected chi connectivity index (χ1v) is 8.48. The van der Waals surface area contributed by atoms with E-state index in [1.165, 1.54) is 0 Å². The first-order valence-electron chi connectivity index (χ1n) is 8.48. The van der Waals surface area contributed by atoms with Crippen LogP contribution in [0.4, 0.5) is 5.82 Å². The summed E-state index contributed by atoms with van der Waals surface area (Å²) >= 11 is 0. The maximum absolute atomic E-state index is 11.9. The fraction of sp³-hybridized carbons (Fsp3) is 0.368. The number of nitrogens with one attached hydrogen (secondary N) is 2. The lowest BCUT2D eigenvalue weighted by molar-refractivity contribution is 0.0953. The monoisotopic (exact) mass is 343 g/mol. The number of ether oxygens (including phenoxy) is 2. The van der Waals surface area contributed by atoms with Gasteiger partial charge in [0.15, 0.2) is 0 Å². The molecule has 0 atom stereocenters. The van der Waals surface area contributed by atoms with Crippen LogP contribution in [0.15, 0.2) is 42.6 Å². The van der Waals surface area contributed by atoms with Crippen molar-refractivity contribution >= 4 is 11.7 Å². The highest BCUT2D eigenvalue weighted by Crippen LogP contribution is 2.16. The Balaban J connectivity index is 1.71. The van der Waals surface area contributed by atoms with Crippen LogP contribution in [-0.2, 0) is 0 Å². The largest absolute Gasteiger partial charge is 0.497 e. The topological polar surface area (TPSA) is 72.5 Å². The molecular weight excluding hydrogens is 318 g/mol. The van der Waals surface area contributed by atoms with E-state index < -0.39 is 0 Å². The van der Waals surface area contributed by atoms with Gasteiger partial charge in [-0.1, -0.05) is 13.3 Å². The van der Waals surface area contributed by atoms with Crippen LogP contribution in [0.1, 0.15) is 30.1 Å². The predicted octanol–water partition coefficient (Wildman–Crippen LogP) is 3.11. The van der Waals surface area contributed by atoms with Crippen molar-refractivity contribution in [2.45, 2.75) is 19.8 Å². The van der Waals surface area contributed by atoms with Gasteiger partial charge in [-0.2, -0.15) is 0 Å². The highest BCUT2D eigenvalue weighted by molar-refractivity contribution is 5.94. The molecule has 6 nitrogen and oxygen atoms in total. The highest BCUT2D eigenvalue weighted by Gasteiger charge is 2.05. The number of rotatable bonds is 10. The molecule has 0 aliphatic carbocycles. The smallest absolute Gasteiger partial charge is 0.252 e. The minimum absolute atomic E-state index is 0.0876. The summed E-state index contributed by atoms with van der Waals surface area (Å²) in [6.45, 7) is 3.90. The number of unbranched alkanes of at least 4 members (excludes halogenated alkanes) is 1. The van der Waals surface area contributed by atoms with Gasteiger partial charge in [-0.05, 0) is 42.8 Å². The number of aromatic nitrogens is 1. The lowest BCUT2D eigenvalue weighted by Crippen LogP contribution is -2.24. The van der Waals surface area contributed by atoms with Crippen LogP contribution in [-0.4, -0.2) is 37.7 Å². The number of methoxy groups -OCH3 is 1. The second-order valence-electron chi connectivity index (χ2n) is 5.49. The summed E-state index contributed by atoms with van der Waals surface area (Å²) in [5.74, 6) is 2.21. The van der Waals surface area contributed by atoms with Crippen LogP contribution in [0.25, 0.3) is 0 Å². The zero-order valence-corrected chi connectivity index (χ0v) is 14.7. The first kappa shape index (κ1) is 18.6. The Labute approximate surface area is 148 Å². The van der Waals surface area contributed by atoms with E-state index in [1.54, 1.807) is 25.4 Å². The number of hydrogen-bond donors (Lipinski definition) is 2. The summed E-state index contributed by atoms with van der Waals surface area (Å²) in [4.78, 5) is 16.1. The van der Waals surface area contributed by atoms with E-state index >= 15 is 0 Å². The number of benzene rings is 1. The minimum atomic E-state index is -0.0876. The molecule has 25 heavy (non-hydrogen) atoms. The molecule has 0 aliphatic heterocycles. The van der Waals surface area contributed by atoms with Crippen LogP contribution in [0.2, 0.25) is 0 Å². The summed E-state index contributed by atoms with van der Waals surface area (Å²) in [5.41, 5.74) is 0.566. The van der Waals surface area contributed by atoms with Crippen LogP contribution in [0, 0.1) is 0 Å². The predicted molar refractivity (Wildman–Crippen MR) is 98.5 cm³/mol. The van der Waals surface area contributed by atoms with Gasteiger partial charge in [-0.3, -0.25) is 4.79 Å². The van der Waals surface area contributed by atoms with Gasteiger partial charge in [0.05, 0.1) is 19.2 Å². The Hall–Kier alpha value is -2.76.